The summed E-state index contributed by atoms with van der Waals surface area (Å²) in [5.74, 6) is 2.68. The number of nitrogens with zero attached hydrogens (tertiary/aromatic N) is 4. The summed E-state index contributed by atoms with van der Waals surface area (Å²) in [6.45, 7) is 8.65. The maximum atomic E-state index is 10.6. The first-order valence-electron chi connectivity index (χ1n) is 13.3. The minimum absolute atomic E-state index is 0.398. The molecule has 0 amide bonds. The third-order valence-corrected chi connectivity index (χ3v) is 7.00. The Morgan fingerprint density at radius 2 is 1.92 bits per heavy atom. The highest BCUT2D eigenvalue weighted by Gasteiger charge is 2.52. The fourth-order valence-corrected chi connectivity index (χ4v) is 4.88. The molecule has 2 heterocycles. The van der Waals surface area contributed by atoms with E-state index in [4.69, 9.17) is 9.98 Å². The van der Waals surface area contributed by atoms with Crippen molar-refractivity contribution in [2.45, 2.75) is 71.3 Å². The molecular formula is C30H39N5O. The summed E-state index contributed by atoms with van der Waals surface area (Å²) in [5.41, 5.74) is 3.84. The van der Waals surface area contributed by atoms with E-state index in [0.717, 1.165) is 47.9 Å². The number of hydrogen-bond donors (Lipinski definition) is 2. The van der Waals surface area contributed by atoms with Crippen molar-refractivity contribution < 1.29 is 5.11 Å². The first-order chi connectivity index (χ1) is 17.6. The molecule has 1 aromatic carbocycles. The minimum atomic E-state index is -0.398. The molecule has 3 aliphatic rings. The Bertz CT molecular complexity index is 1170. The molecule has 1 aromatic heterocycles. The highest BCUT2D eigenvalue weighted by atomic mass is 16.3. The molecule has 2 N–H and O–H groups in total. The van der Waals surface area contributed by atoms with E-state index < -0.39 is 5.60 Å². The number of fused-ring (bicyclic) bond motifs is 1. The standard InChI is InChI=1S/C28H33N5O.C2H6/c1-3-4-5-6-7-20(2)32-25-19-29-26-14-15-31-33(26)27(25)30-18-21-8-10-22(11-9-21)23-16-28(34,17-23)24-12-13-24;1-2/h3-6,8-11,14-15,18,23-24,29,34H,7,12-13,16-17,19H2,1-2H3;1-2H3/b4-3-,6-5-,30-18+,32-20?;. The second-order valence-corrected chi connectivity index (χ2v) is 9.67. The van der Waals surface area contributed by atoms with Gasteiger partial charge < -0.3 is 10.4 Å². The van der Waals surface area contributed by atoms with Crippen LogP contribution in [0.3, 0.4) is 0 Å². The summed E-state index contributed by atoms with van der Waals surface area (Å²) in [6, 6.07) is 10.5. The summed E-state index contributed by atoms with van der Waals surface area (Å²) in [6.07, 6.45) is 16.8. The van der Waals surface area contributed by atoms with Gasteiger partial charge in [0.05, 0.1) is 18.3 Å². The van der Waals surface area contributed by atoms with Crippen LogP contribution in [-0.2, 0) is 0 Å². The smallest absolute Gasteiger partial charge is 0.179 e. The van der Waals surface area contributed by atoms with E-state index in [2.05, 4.69) is 40.8 Å². The molecule has 36 heavy (non-hydrogen) atoms. The lowest BCUT2D eigenvalue weighted by Crippen LogP contribution is -2.44. The number of aliphatic hydroxyl groups is 1. The van der Waals surface area contributed by atoms with Gasteiger partial charge in [0.1, 0.15) is 11.5 Å². The molecule has 0 atom stereocenters. The van der Waals surface area contributed by atoms with E-state index in [0.29, 0.717) is 18.4 Å². The molecular weight excluding hydrogens is 446 g/mol. The van der Waals surface area contributed by atoms with Gasteiger partial charge in [0.25, 0.3) is 0 Å². The van der Waals surface area contributed by atoms with Crippen molar-refractivity contribution in [2.24, 2.45) is 15.9 Å². The Morgan fingerprint density at radius 1 is 1.17 bits per heavy atom. The highest BCUT2D eigenvalue weighted by molar-refractivity contribution is 5.87. The van der Waals surface area contributed by atoms with Crippen LogP contribution in [0.2, 0.25) is 0 Å². The van der Waals surface area contributed by atoms with E-state index >= 15 is 0 Å². The van der Waals surface area contributed by atoms with Gasteiger partial charge in [0, 0.05) is 24.4 Å². The largest absolute Gasteiger partial charge is 0.390 e. The summed E-state index contributed by atoms with van der Waals surface area (Å²) in [4.78, 5) is 9.67. The van der Waals surface area contributed by atoms with Crippen LogP contribution in [0.1, 0.15) is 76.8 Å². The van der Waals surface area contributed by atoms with Crippen LogP contribution in [-0.4, -0.2) is 39.0 Å². The van der Waals surface area contributed by atoms with Crippen molar-refractivity contribution >= 4 is 23.6 Å². The Kier molecular flexibility index (Phi) is 8.36. The fourth-order valence-electron chi connectivity index (χ4n) is 4.88. The summed E-state index contributed by atoms with van der Waals surface area (Å²) >= 11 is 0. The van der Waals surface area contributed by atoms with Crippen molar-refractivity contribution in [2.75, 3.05) is 11.9 Å². The quantitative estimate of drug-likeness (QED) is 0.327. The molecule has 2 aromatic rings. The van der Waals surface area contributed by atoms with Crippen LogP contribution < -0.4 is 5.32 Å². The molecule has 6 nitrogen and oxygen atoms in total. The third-order valence-electron chi connectivity index (χ3n) is 7.00. The zero-order valence-corrected chi connectivity index (χ0v) is 22.0. The van der Waals surface area contributed by atoms with E-state index in [1.54, 1.807) is 6.20 Å². The molecule has 2 fully saturated rings. The van der Waals surface area contributed by atoms with E-state index in [9.17, 15) is 5.11 Å². The predicted molar refractivity (Wildman–Crippen MR) is 151 cm³/mol. The zero-order chi connectivity index (χ0) is 25.5. The molecule has 2 saturated carbocycles. The van der Waals surface area contributed by atoms with Gasteiger partial charge in [-0.25, -0.2) is 4.99 Å². The molecule has 0 saturated heterocycles. The molecule has 0 bridgehead atoms. The monoisotopic (exact) mass is 485 g/mol. The molecule has 5 rings (SSSR count). The van der Waals surface area contributed by atoms with Crippen LogP contribution in [0, 0.1) is 5.92 Å². The number of benzene rings is 1. The van der Waals surface area contributed by atoms with Crippen LogP contribution in [0.25, 0.3) is 5.82 Å². The number of anilines is 1. The van der Waals surface area contributed by atoms with Crippen LogP contribution in [0.15, 0.2) is 76.5 Å². The Hall–Kier alpha value is -3.25. The Balaban J connectivity index is 0.00000148. The summed E-state index contributed by atoms with van der Waals surface area (Å²) in [7, 11) is 0. The van der Waals surface area contributed by atoms with Crippen molar-refractivity contribution in [3.63, 3.8) is 0 Å². The maximum Gasteiger partial charge on any atom is 0.179 e. The minimum Gasteiger partial charge on any atom is -0.390 e. The lowest BCUT2D eigenvalue weighted by atomic mass is 9.65. The average Bonchev–Trinajstić information content (AvgIpc) is 3.63. The summed E-state index contributed by atoms with van der Waals surface area (Å²) < 4.78 is 1.81. The van der Waals surface area contributed by atoms with Gasteiger partial charge in [0.2, 0.25) is 0 Å². The molecule has 1 aliphatic heterocycles. The molecule has 0 radical (unpaired) electrons. The van der Waals surface area contributed by atoms with E-state index in [-0.39, 0.29) is 0 Å². The van der Waals surface area contributed by atoms with E-state index in [1.807, 2.05) is 62.9 Å². The van der Waals surface area contributed by atoms with Gasteiger partial charge in [-0.3, -0.25) is 4.99 Å². The number of allylic oxidation sites excluding steroid dienone is 4. The topological polar surface area (TPSA) is 74.8 Å². The first-order valence-corrected chi connectivity index (χ1v) is 13.3. The van der Waals surface area contributed by atoms with Crippen LogP contribution >= 0.6 is 0 Å². The lowest BCUT2D eigenvalue weighted by molar-refractivity contribution is -0.0679. The second kappa shape index (κ2) is 11.7. The number of nitrogens with one attached hydrogen (secondary N) is 1. The number of aliphatic imine (C=N–C) groups is 2. The molecule has 0 spiro atoms. The number of rotatable bonds is 8. The number of aromatic nitrogens is 2. The Labute approximate surface area is 215 Å². The molecule has 2 aliphatic carbocycles. The third kappa shape index (κ3) is 5.93. The number of hydrogen-bond acceptors (Lipinski definition) is 5. The van der Waals surface area contributed by atoms with E-state index in [1.165, 1.54) is 18.4 Å². The van der Waals surface area contributed by atoms with Gasteiger partial charge in [-0.05, 0) is 62.5 Å². The van der Waals surface area contributed by atoms with Gasteiger partial charge in [-0.2, -0.15) is 9.78 Å². The predicted octanol–water partition coefficient (Wildman–Crippen LogP) is 6.58. The SMILES string of the molecule is C/C=C\C=C/CC(C)=NC1=C(/N=C/c2ccc(C3CC(O)(C4CC4)C3)cc2)n2nccc2NC1.CC. The van der Waals surface area contributed by atoms with Gasteiger partial charge in [-0.1, -0.05) is 62.4 Å². The van der Waals surface area contributed by atoms with Gasteiger partial charge in [0.15, 0.2) is 5.82 Å². The first kappa shape index (κ1) is 25.8. The van der Waals surface area contributed by atoms with Crippen molar-refractivity contribution in [3.05, 3.63) is 77.7 Å². The molecule has 6 heteroatoms. The second-order valence-electron chi connectivity index (χ2n) is 9.67. The Morgan fingerprint density at radius 3 is 2.61 bits per heavy atom. The normalized spacial score (nSPS) is 24.0. The van der Waals surface area contributed by atoms with Crippen molar-refractivity contribution in [1.82, 2.24) is 9.78 Å². The maximum absolute atomic E-state index is 10.6. The summed E-state index contributed by atoms with van der Waals surface area (Å²) in [5, 5.41) is 18.4. The molecule has 190 valence electrons. The van der Waals surface area contributed by atoms with Gasteiger partial charge >= 0.3 is 0 Å². The van der Waals surface area contributed by atoms with Crippen molar-refractivity contribution in [3.8, 4) is 0 Å². The molecule has 0 unspecified atom stereocenters. The highest BCUT2D eigenvalue weighted by Crippen LogP contribution is 2.55. The van der Waals surface area contributed by atoms with Crippen LogP contribution in [0.5, 0.6) is 0 Å². The fraction of sp³-hybridized carbons (Fsp3) is 0.433. The zero-order valence-electron chi connectivity index (χ0n) is 22.0. The van der Waals surface area contributed by atoms with Crippen molar-refractivity contribution in [1.29, 1.82) is 0 Å². The average molecular weight is 486 g/mol. The lowest BCUT2D eigenvalue weighted by Gasteiger charge is -2.44. The van der Waals surface area contributed by atoms with Gasteiger partial charge in [-0.15, -0.1) is 0 Å². The van der Waals surface area contributed by atoms with Crippen LogP contribution in [0.4, 0.5) is 5.82 Å².